The van der Waals surface area contributed by atoms with Crippen LogP contribution in [0.15, 0.2) is 0 Å². The molecule has 1 saturated heterocycles. The molecule has 1 aliphatic rings. The first-order valence-electron chi connectivity index (χ1n) is 4.64. The molecule has 1 rings (SSSR count). The third-order valence-corrected chi connectivity index (χ3v) is 2.27. The van der Waals surface area contributed by atoms with Gasteiger partial charge in [-0.3, -0.25) is 15.5 Å². The van der Waals surface area contributed by atoms with Crippen LogP contribution in [-0.4, -0.2) is 35.3 Å². The molecule has 1 N–H and O–H groups in total. The van der Waals surface area contributed by atoms with E-state index in [0.717, 1.165) is 25.9 Å². The molecule has 0 atom stereocenters. The average Bonchev–Trinajstić information content (AvgIpc) is 2.29. The predicted octanol–water partition coefficient (Wildman–Crippen LogP) is 1.12. The van der Waals surface area contributed by atoms with Gasteiger partial charge < -0.3 is 4.90 Å². The van der Waals surface area contributed by atoms with Gasteiger partial charge in [0.25, 0.3) is 6.54 Å². The van der Waals surface area contributed by atoms with Crippen LogP contribution in [0.2, 0.25) is 0 Å². The summed E-state index contributed by atoms with van der Waals surface area (Å²) in [5, 5.41) is 17.7. The molecule has 1 fully saturated rings. The van der Waals surface area contributed by atoms with Crippen molar-refractivity contribution >= 4 is 5.84 Å². The van der Waals surface area contributed by atoms with Crippen LogP contribution >= 0.6 is 0 Å². The average molecular weight is 185 g/mol. The summed E-state index contributed by atoms with van der Waals surface area (Å²) in [7, 11) is 0. The van der Waals surface area contributed by atoms with Crippen molar-refractivity contribution in [3.63, 3.8) is 0 Å². The predicted molar refractivity (Wildman–Crippen MR) is 49.6 cm³/mol. The third kappa shape index (κ3) is 3.40. The van der Waals surface area contributed by atoms with Crippen LogP contribution in [0.1, 0.15) is 25.7 Å². The summed E-state index contributed by atoms with van der Waals surface area (Å²) < 4.78 is 0. The summed E-state index contributed by atoms with van der Waals surface area (Å²) in [4.78, 5) is 11.6. The minimum absolute atomic E-state index is 0.159. The van der Waals surface area contributed by atoms with Gasteiger partial charge in [-0.1, -0.05) is 12.8 Å². The number of hydrogen-bond donors (Lipinski definition) is 1. The molecule has 5 nitrogen and oxygen atoms in total. The van der Waals surface area contributed by atoms with Gasteiger partial charge in [0, 0.05) is 18.0 Å². The Bertz CT molecular complexity index is 198. The molecule has 0 amide bonds. The Labute approximate surface area is 77.4 Å². The molecule has 13 heavy (non-hydrogen) atoms. The first kappa shape index (κ1) is 9.95. The summed E-state index contributed by atoms with van der Waals surface area (Å²) in [5.74, 6) is 0.159. The maximum absolute atomic E-state index is 10.2. The lowest BCUT2D eigenvalue weighted by molar-refractivity contribution is -0.464. The molecular weight excluding hydrogens is 170 g/mol. The zero-order valence-corrected chi connectivity index (χ0v) is 7.66. The quantitative estimate of drug-likeness (QED) is 0.303. The van der Waals surface area contributed by atoms with E-state index in [1.165, 1.54) is 12.8 Å². The fraction of sp³-hybridized carbons (Fsp3) is 0.875. The molecular formula is C8H15N3O2. The van der Waals surface area contributed by atoms with Crippen LogP contribution in [0.5, 0.6) is 0 Å². The molecule has 0 aliphatic carbocycles. The van der Waals surface area contributed by atoms with Crippen LogP contribution in [-0.2, 0) is 0 Å². The van der Waals surface area contributed by atoms with Crippen molar-refractivity contribution in [1.82, 2.24) is 4.90 Å². The Kier molecular flexibility index (Phi) is 3.67. The molecule has 0 spiro atoms. The van der Waals surface area contributed by atoms with Gasteiger partial charge >= 0.3 is 0 Å². The Balaban J connectivity index is 2.39. The Morgan fingerprint density at radius 2 is 1.85 bits per heavy atom. The maximum Gasteiger partial charge on any atom is 0.259 e. The first-order chi connectivity index (χ1) is 6.20. The summed E-state index contributed by atoms with van der Waals surface area (Å²) in [6.07, 6.45) is 4.48. The van der Waals surface area contributed by atoms with Crippen molar-refractivity contribution in [1.29, 1.82) is 5.41 Å². The molecule has 1 aliphatic heterocycles. The number of nitrogens with zero attached hydrogens (tertiary/aromatic N) is 2. The number of amidine groups is 1. The van der Waals surface area contributed by atoms with Gasteiger partial charge in [0.1, 0.15) is 0 Å². The largest absolute Gasteiger partial charge is 0.355 e. The second kappa shape index (κ2) is 4.79. The van der Waals surface area contributed by atoms with Gasteiger partial charge in [0.05, 0.1) is 0 Å². The normalized spacial score (nSPS) is 18.0. The van der Waals surface area contributed by atoms with Crippen molar-refractivity contribution in [3.05, 3.63) is 10.1 Å². The standard InChI is InChI=1S/C8H15N3O2/c9-8(7-11(12)13)10-5-3-1-2-4-6-10/h9H,1-7H2. The van der Waals surface area contributed by atoms with Gasteiger partial charge in [0.2, 0.25) is 0 Å². The zero-order valence-electron chi connectivity index (χ0n) is 7.66. The van der Waals surface area contributed by atoms with E-state index in [2.05, 4.69) is 0 Å². The lowest BCUT2D eigenvalue weighted by Gasteiger charge is -2.20. The van der Waals surface area contributed by atoms with Crippen LogP contribution in [0.3, 0.4) is 0 Å². The fourth-order valence-electron chi connectivity index (χ4n) is 1.56. The number of nitrogens with one attached hydrogen (secondary N) is 1. The molecule has 0 bridgehead atoms. The summed E-state index contributed by atoms with van der Waals surface area (Å²) in [6.45, 7) is 1.29. The number of rotatable bonds is 2. The van der Waals surface area contributed by atoms with E-state index in [1.54, 1.807) is 0 Å². The van der Waals surface area contributed by atoms with Gasteiger partial charge in [-0.05, 0) is 12.8 Å². The third-order valence-electron chi connectivity index (χ3n) is 2.27. The molecule has 0 aromatic carbocycles. The molecule has 0 radical (unpaired) electrons. The van der Waals surface area contributed by atoms with Crippen molar-refractivity contribution in [3.8, 4) is 0 Å². The Hall–Kier alpha value is -1.13. The Morgan fingerprint density at radius 3 is 2.31 bits per heavy atom. The summed E-state index contributed by atoms with van der Waals surface area (Å²) in [6, 6.07) is 0. The summed E-state index contributed by atoms with van der Waals surface area (Å²) >= 11 is 0. The van der Waals surface area contributed by atoms with E-state index in [9.17, 15) is 10.1 Å². The zero-order chi connectivity index (χ0) is 9.68. The first-order valence-corrected chi connectivity index (χ1v) is 4.64. The minimum atomic E-state index is -0.437. The van der Waals surface area contributed by atoms with Crippen molar-refractivity contribution in [2.45, 2.75) is 25.7 Å². The highest BCUT2D eigenvalue weighted by Crippen LogP contribution is 2.09. The Morgan fingerprint density at radius 1 is 1.31 bits per heavy atom. The van der Waals surface area contributed by atoms with Gasteiger partial charge in [-0.15, -0.1) is 0 Å². The highest BCUT2D eigenvalue weighted by atomic mass is 16.6. The molecule has 0 unspecified atom stereocenters. The van der Waals surface area contributed by atoms with Crippen molar-refractivity contribution in [2.24, 2.45) is 0 Å². The smallest absolute Gasteiger partial charge is 0.259 e. The van der Waals surface area contributed by atoms with Gasteiger partial charge in [-0.2, -0.15) is 0 Å². The van der Waals surface area contributed by atoms with E-state index < -0.39 is 4.92 Å². The molecule has 0 aromatic rings. The second-order valence-corrected chi connectivity index (χ2v) is 3.34. The SMILES string of the molecule is N=C(C[N+](=O)[O-])N1CCCCCC1. The molecule has 5 heteroatoms. The van der Waals surface area contributed by atoms with Crippen LogP contribution in [0.25, 0.3) is 0 Å². The molecule has 0 aromatic heterocycles. The molecule has 74 valence electrons. The number of hydrogen-bond acceptors (Lipinski definition) is 3. The maximum atomic E-state index is 10.2. The highest BCUT2D eigenvalue weighted by Gasteiger charge is 2.15. The monoisotopic (exact) mass is 185 g/mol. The van der Waals surface area contributed by atoms with Crippen LogP contribution < -0.4 is 0 Å². The number of nitro groups is 1. The van der Waals surface area contributed by atoms with E-state index in [-0.39, 0.29) is 12.4 Å². The van der Waals surface area contributed by atoms with E-state index in [0.29, 0.717) is 0 Å². The number of likely N-dealkylation sites (tertiary alicyclic amines) is 1. The van der Waals surface area contributed by atoms with Crippen molar-refractivity contribution < 1.29 is 4.92 Å². The lowest BCUT2D eigenvalue weighted by Crippen LogP contribution is -2.35. The van der Waals surface area contributed by atoms with Gasteiger partial charge in [0.15, 0.2) is 5.84 Å². The lowest BCUT2D eigenvalue weighted by atomic mass is 10.2. The molecule has 0 saturated carbocycles. The van der Waals surface area contributed by atoms with Crippen molar-refractivity contribution in [2.75, 3.05) is 19.6 Å². The second-order valence-electron chi connectivity index (χ2n) is 3.34. The fourth-order valence-corrected chi connectivity index (χ4v) is 1.56. The minimum Gasteiger partial charge on any atom is -0.355 e. The van der Waals surface area contributed by atoms with Crippen LogP contribution in [0, 0.1) is 15.5 Å². The van der Waals surface area contributed by atoms with E-state index in [4.69, 9.17) is 5.41 Å². The van der Waals surface area contributed by atoms with E-state index >= 15 is 0 Å². The van der Waals surface area contributed by atoms with Gasteiger partial charge in [-0.25, -0.2) is 0 Å². The summed E-state index contributed by atoms with van der Waals surface area (Å²) in [5.41, 5.74) is 0. The van der Waals surface area contributed by atoms with Crippen LogP contribution in [0.4, 0.5) is 0 Å². The topological polar surface area (TPSA) is 70.2 Å². The highest BCUT2D eigenvalue weighted by molar-refractivity contribution is 5.80. The molecule has 1 heterocycles. The van der Waals surface area contributed by atoms with E-state index in [1.807, 2.05) is 4.90 Å².